The summed E-state index contributed by atoms with van der Waals surface area (Å²) in [5.74, 6) is 0. The van der Waals surface area contributed by atoms with Gasteiger partial charge in [0.25, 0.3) is 0 Å². The predicted octanol–water partition coefficient (Wildman–Crippen LogP) is 14.7. The molecule has 8 aromatic rings. The highest BCUT2D eigenvalue weighted by atomic mass is 15.2. The second-order valence-corrected chi connectivity index (χ2v) is 13.8. The summed E-state index contributed by atoms with van der Waals surface area (Å²) >= 11 is 0. The van der Waals surface area contributed by atoms with Gasteiger partial charge in [-0.25, -0.2) is 0 Å². The van der Waals surface area contributed by atoms with Crippen molar-refractivity contribution in [2.75, 3.05) is 14.7 Å². The molecule has 3 nitrogen and oxygen atoms in total. The number of hydrogen-bond donors (Lipinski definition) is 0. The molecule has 8 aromatic carbocycles. The fourth-order valence-electron chi connectivity index (χ4n) is 6.98. The number of para-hydroxylation sites is 3. The molecule has 54 heavy (non-hydrogen) atoms. The van der Waals surface area contributed by atoms with Gasteiger partial charge in [-0.1, -0.05) is 120 Å². The van der Waals surface area contributed by atoms with Crippen LogP contribution >= 0.6 is 0 Å². The van der Waals surface area contributed by atoms with Crippen LogP contribution in [-0.4, -0.2) is 0 Å². The third-order valence-electron chi connectivity index (χ3n) is 9.80. The van der Waals surface area contributed by atoms with Crippen molar-refractivity contribution in [3.63, 3.8) is 0 Å². The summed E-state index contributed by atoms with van der Waals surface area (Å²) in [5.41, 5.74) is 15.8. The summed E-state index contributed by atoms with van der Waals surface area (Å²) in [4.78, 5) is 7.02. The number of rotatable bonds is 10. The van der Waals surface area contributed by atoms with Gasteiger partial charge >= 0.3 is 0 Å². The Bertz CT molecular complexity index is 2320. The molecule has 0 N–H and O–H groups in total. The first-order valence-electron chi connectivity index (χ1n) is 18.5. The molecule has 0 heterocycles. The van der Waals surface area contributed by atoms with E-state index in [2.05, 4.69) is 242 Å². The van der Waals surface area contributed by atoms with Crippen LogP contribution in [-0.2, 0) is 0 Å². The van der Waals surface area contributed by atoms with E-state index in [1.165, 1.54) is 16.7 Å². The first-order chi connectivity index (χ1) is 26.5. The lowest BCUT2D eigenvalue weighted by molar-refractivity contribution is 1.24. The highest BCUT2D eigenvalue weighted by Gasteiger charge is 2.20. The number of aryl methyl sites for hydroxylation is 3. The van der Waals surface area contributed by atoms with E-state index in [0.717, 1.165) is 62.3 Å². The predicted molar refractivity (Wildman–Crippen MR) is 230 cm³/mol. The van der Waals surface area contributed by atoms with Gasteiger partial charge in [-0.3, -0.25) is 0 Å². The van der Waals surface area contributed by atoms with Crippen LogP contribution in [0, 0.1) is 20.8 Å². The quantitative estimate of drug-likeness (QED) is 0.141. The van der Waals surface area contributed by atoms with Crippen molar-refractivity contribution in [1.82, 2.24) is 0 Å². The average Bonchev–Trinajstić information content (AvgIpc) is 3.22. The smallest absolute Gasteiger partial charge is 0.0488 e. The van der Waals surface area contributed by atoms with Gasteiger partial charge in [-0.2, -0.15) is 0 Å². The third-order valence-corrected chi connectivity index (χ3v) is 9.80. The molecule has 0 aliphatic heterocycles. The van der Waals surface area contributed by atoms with Crippen LogP contribution < -0.4 is 14.7 Å². The Labute approximate surface area is 319 Å². The van der Waals surface area contributed by atoms with Gasteiger partial charge in [-0.15, -0.1) is 0 Å². The minimum atomic E-state index is 1.07. The molecule has 0 amide bonds. The maximum Gasteiger partial charge on any atom is 0.0488 e. The molecule has 0 radical (unpaired) electrons. The first kappa shape index (κ1) is 34.3. The van der Waals surface area contributed by atoms with Crippen LogP contribution in [0.4, 0.5) is 51.2 Å². The highest BCUT2D eigenvalue weighted by Crippen LogP contribution is 2.44. The molecule has 0 saturated carbocycles. The molecule has 0 aromatic heterocycles. The summed E-state index contributed by atoms with van der Waals surface area (Å²) in [5, 5.41) is 0. The summed E-state index contributed by atoms with van der Waals surface area (Å²) in [6.45, 7) is 6.40. The second kappa shape index (κ2) is 15.4. The fraction of sp³-hybridized carbons (Fsp3) is 0.0588. The van der Waals surface area contributed by atoms with Crippen LogP contribution in [0.1, 0.15) is 16.7 Å². The van der Waals surface area contributed by atoms with Gasteiger partial charge in [0.15, 0.2) is 0 Å². The van der Waals surface area contributed by atoms with E-state index in [-0.39, 0.29) is 0 Å². The molecule has 3 heteroatoms. The number of hydrogen-bond acceptors (Lipinski definition) is 3. The lowest BCUT2D eigenvalue weighted by Gasteiger charge is -2.30. The van der Waals surface area contributed by atoms with E-state index in [4.69, 9.17) is 0 Å². The monoisotopic (exact) mass is 697 g/mol. The van der Waals surface area contributed by atoms with Crippen molar-refractivity contribution >= 4 is 51.2 Å². The van der Waals surface area contributed by atoms with Crippen LogP contribution in [0.15, 0.2) is 206 Å². The lowest BCUT2D eigenvalue weighted by atomic mass is 10.0. The minimum Gasteiger partial charge on any atom is -0.311 e. The molecule has 0 atom stereocenters. The van der Waals surface area contributed by atoms with E-state index in [1.54, 1.807) is 0 Å². The minimum absolute atomic E-state index is 1.07. The molecule has 0 fully saturated rings. The Hall–Kier alpha value is -6.84. The maximum atomic E-state index is 2.35. The summed E-state index contributed by atoms with van der Waals surface area (Å²) in [6, 6.07) is 74.1. The molecule has 0 bridgehead atoms. The SMILES string of the molecule is Cc1ccc(N(c2ccccc2)c2ccc(-c3cc(N(c4ccccc4)c4ccc(C)cc4)cc(N(c4ccccc4)c4ccc(C)cc4)c3)cc2)cc1. The number of anilines is 9. The zero-order valence-electron chi connectivity index (χ0n) is 31.0. The van der Waals surface area contributed by atoms with E-state index in [9.17, 15) is 0 Å². The Morgan fingerprint density at radius 3 is 0.796 bits per heavy atom. The van der Waals surface area contributed by atoms with Gasteiger partial charge < -0.3 is 14.7 Å². The van der Waals surface area contributed by atoms with Crippen molar-refractivity contribution in [3.8, 4) is 11.1 Å². The summed E-state index contributed by atoms with van der Waals surface area (Å²) in [6.07, 6.45) is 0. The molecular weight excluding hydrogens is 655 g/mol. The molecule has 0 aliphatic carbocycles. The Kier molecular flexibility index (Phi) is 9.78. The maximum absolute atomic E-state index is 2.35. The van der Waals surface area contributed by atoms with Crippen molar-refractivity contribution in [1.29, 1.82) is 0 Å². The van der Waals surface area contributed by atoms with Crippen molar-refractivity contribution in [2.24, 2.45) is 0 Å². The van der Waals surface area contributed by atoms with E-state index in [1.807, 2.05) is 0 Å². The van der Waals surface area contributed by atoms with E-state index in [0.29, 0.717) is 0 Å². The van der Waals surface area contributed by atoms with Gasteiger partial charge in [0.05, 0.1) is 0 Å². The van der Waals surface area contributed by atoms with Crippen molar-refractivity contribution in [2.45, 2.75) is 20.8 Å². The normalized spacial score (nSPS) is 10.9. The Morgan fingerprint density at radius 2 is 0.481 bits per heavy atom. The standard InChI is InChI=1S/C51H43N3/c1-38-19-27-46(28-20-38)52(43-13-7-4-8-14-43)49-33-25-41(26-34-49)42-35-50(53(44-15-9-5-10-16-44)47-29-21-39(2)22-30-47)37-51(36-42)54(45-17-11-6-12-18-45)48-31-23-40(3)24-32-48/h4-37H,1-3H3. The second-order valence-electron chi connectivity index (χ2n) is 13.8. The average molecular weight is 698 g/mol. The summed E-state index contributed by atoms with van der Waals surface area (Å²) in [7, 11) is 0. The molecule has 8 rings (SSSR count). The molecule has 0 saturated heterocycles. The Morgan fingerprint density at radius 1 is 0.222 bits per heavy atom. The van der Waals surface area contributed by atoms with Crippen LogP contribution in [0.25, 0.3) is 11.1 Å². The van der Waals surface area contributed by atoms with Gasteiger partial charge in [0.2, 0.25) is 0 Å². The summed E-state index contributed by atoms with van der Waals surface area (Å²) < 4.78 is 0. The zero-order chi connectivity index (χ0) is 36.9. The zero-order valence-corrected chi connectivity index (χ0v) is 31.0. The van der Waals surface area contributed by atoms with Crippen LogP contribution in [0.2, 0.25) is 0 Å². The number of nitrogens with zero attached hydrogens (tertiary/aromatic N) is 3. The Balaban J connectivity index is 1.31. The van der Waals surface area contributed by atoms with Gasteiger partial charge in [0, 0.05) is 51.2 Å². The van der Waals surface area contributed by atoms with E-state index >= 15 is 0 Å². The molecule has 0 aliphatic rings. The molecule has 262 valence electrons. The van der Waals surface area contributed by atoms with Gasteiger partial charge in [0.1, 0.15) is 0 Å². The van der Waals surface area contributed by atoms with E-state index < -0.39 is 0 Å². The first-order valence-corrected chi connectivity index (χ1v) is 18.5. The van der Waals surface area contributed by atoms with Crippen LogP contribution in [0.5, 0.6) is 0 Å². The fourth-order valence-corrected chi connectivity index (χ4v) is 6.98. The largest absolute Gasteiger partial charge is 0.311 e. The number of benzene rings is 8. The topological polar surface area (TPSA) is 9.72 Å². The third kappa shape index (κ3) is 7.39. The molecular formula is C51H43N3. The molecule has 0 unspecified atom stereocenters. The highest BCUT2D eigenvalue weighted by molar-refractivity contribution is 5.88. The van der Waals surface area contributed by atoms with Gasteiger partial charge in [-0.05, 0) is 135 Å². The lowest BCUT2D eigenvalue weighted by Crippen LogP contribution is -2.13. The van der Waals surface area contributed by atoms with Crippen molar-refractivity contribution in [3.05, 3.63) is 223 Å². The van der Waals surface area contributed by atoms with Crippen LogP contribution in [0.3, 0.4) is 0 Å². The molecule has 0 spiro atoms. The van der Waals surface area contributed by atoms with Crippen molar-refractivity contribution < 1.29 is 0 Å².